The predicted molar refractivity (Wildman–Crippen MR) is 107 cm³/mol. The normalized spacial score (nSPS) is 16.7. The van der Waals surface area contributed by atoms with Crippen LogP contribution in [0.25, 0.3) is 0 Å². The Hall–Kier alpha value is -2.82. The minimum atomic E-state index is -0.382. The Labute approximate surface area is 160 Å². The van der Waals surface area contributed by atoms with Gasteiger partial charge in [0.15, 0.2) is 0 Å². The molecule has 1 fully saturated rings. The quantitative estimate of drug-likeness (QED) is 0.833. The van der Waals surface area contributed by atoms with Gasteiger partial charge in [0.05, 0.1) is 18.2 Å². The molecular weight excluding hydrogens is 340 g/mol. The second kappa shape index (κ2) is 8.25. The lowest BCUT2D eigenvalue weighted by Crippen LogP contribution is -2.28. The van der Waals surface area contributed by atoms with E-state index in [9.17, 15) is 9.59 Å². The van der Waals surface area contributed by atoms with E-state index in [1.807, 2.05) is 55.5 Å². The first kappa shape index (κ1) is 19.0. The van der Waals surface area contributed by atoms with E-state index in [1.54, 1.807) is 4.90 Å². The molecule has 142 valence electrons. The number of anilines is 2. The highest BCUT2D eigenvalue weighted by Gasteiger charge is 2.36. The summed E-state index contributed by atoms with van der Waals surface area (Å²) in [6, 6.07) is 15.3. The summed E-state index contributed by atoms with van der Waals surface area (Å²) in [6.07, 6.45) is 0.205. The summed E-state index contributed by atoms with van der Waals surface area (Å²) in [5.41, 5.74) is 2.63. The Kier molecular flexibility index (Phi) is 5.79. The third-order valence-electron chi connectivity index (χ3n) is 4.79. The van der Waals surface area contributed by atoms with Gasteiger partial charge in [0.1, 0.15) is 5.75 Å². The zero-order chi connectivity index (χ0) is 19.4. The van der Waals surface area contributed by atoms with Crippen LogP contribution in [-0.4, -0.2) is 25.0 Å². The second-order valence-electron chi connectivity index (χ2n) is 7.04. The fourth-order valence-electron chi connectivity index (χ4n) is 3.42. The molecule has 1 aliphatic rings. The molecule has 1 heterocycles. The molecule has 5 heteroatoms. The standard InChI is InChI=1S/C22H26N2O3/c1-4-27-20-12-8-7-11-19(20)24-14-16(13-21(24)25)22(26)23-18-10-6-5-9-17(18)15(2)3/h5-12,15-16H,4,13-14H2,1-3H3,(H,23,26). The van der Waals surface area contributed by atoms with Crippen molar-refractivity contribution in [3.05, 3.63) is 54.1 Å². The van der Waals surface area contributed by atoms with Gasteiger partial charge in [-0.2, -0.15) is 0 Å². The van der Waals surface area contributed by atoms with Crippen LogP contribution in [0.15, 0.2) is 48.5 Å². The van der Waals surface area contributed by atoms with Crippen LogP contribution in [0, 0.1) is 5.92 Å². The second-order valence-corrected chi connectivity index (χ2v) is 7.04. The molecular formula is C22H26N2O3. The first-order chi connectivity index (χ1) is 13.0. The largest absolute Gasteiger partial charge is 0.492 e. The maximum atomic E-state index is 12.8. The van der Waals surface area contributed by atoms with Gasteiger partial charge >= 0.3 is 0 Å². The molecule has 2 aromatic rings. The topological polar surface area (TPSA) is 58.6 Å². The summed E-state index contributed by atoms with van der Waals surface area (Å²) in [7, 11) is 0. The van der Waals surface area contributed by atoms with E-state index in [-0.39, 0.29) is 24.2 Å². The lowest BCUT2D eigenvalue weighted by Gasteiger charge is -2.20. The fourth-order valence-corrected chi connectivity index (χ4v) is 3.42. The molecule has 5 nitrogen and oxygen atoms in total. The summed E-state index contributed by atoms with van der Waals surface area (Å²) < 4.78 is 5.64. The molecule has 0 radical (unpaired) electrons. The Morgan fingerprint density at radius 1 is 1.19 bits per heavy atom. The fraction of sp³-hybridized carbons (Fsp3) is 0.364. The maximum absolute atomic E-state index is 12.8. The van der Waals surface area contributed by atoms with Crippen molar-refractivity contribution in [3.8, 4) is 5.75 Å². The third-order valence-corrected chi connectivity index (χ3v) is 4.79. The minimum absolute atomic E-state index is 0.0561. The van der Waals surface area contributed by atoms with Crippen LogP contribution in [0.1, 0.15) is 38.7 Å². The Morgan fingerprint density at radius 3 is 2.63 bits per heavy atom. The van der Waals surface area contributed by atoms with Gasteiger partial charge < -0.3 is 15.0 Å². The molecule has 1 atom stereocenters. The van der Waals surface area contributed by atoms with Crippen molar-refractivity contribution in [2.45, 2.75) is 33.1 Å². The van der Waals surface area contributed by atoms with E-state index in [1.165, 1.54) is 0 Å². The first-order valence-corrected chi connectivity index (χ1v) is 9.43. The van der Waals surface area contributed by atoms with E-state index < -0.39 is 0 Å². The maximum Gasteiger partial charge on any atom is 0.229 e. The molecule has 1 saturated heterocycles. The number of nitrogens with one attached hydrogen (secondary N) is 1. The van der Waals surface area contributed by atoms with Gasteiger partial charge in [-0.05, 0) is 36.6 Å². The number of carbonyl (C=O) groups excluding carboxylic acids is 2. The number of hydrogen-bond donors (Lipinski definition) is 1. The van der Waals surface area contributed by atoms with E-state index in [2.05, 4.69) is 19.2 Å². The smallest absolute Gasteiger partial charge is 0.229 e. The summed E-state index contributed by atoms with van der Waals surface area (Å²) >= 11 is 0. The zero-order valence-corrected chi connectivity index (χ0v) is 16.1. The van der Waals surface area contributed by atoms with Gasteiger partial charge in [-0.25, -0.2) is 0 Å². The molecule has 27 heavy (non-hydrogen) atoms. The third kappa shape index (κ3) is 4.13. The van der Waals surface area contributed by atoms with E-state index in [4.69, 9.17) is 4.74 Å². The molecule has 1 aliphatic heterocycles. The minimum Gasteiger partial charge on any atom is -0.492 e. The number of amides is 2. The van der Waals surface area contributed by atoms with Crippen molar-refractivity contribution >= 4 is 23.2 Å². The highest BCUT2D eigenvalue weighted by atomic mass is 16.5. The number of carbonyl (C=O) groups is 2. The number of para-hydroxylation sites is 3. The molecule has 0 saturated carbocycles. The molecule has 1 N–H and O–H groups in total. The number of ether oxygens (including phenoxy) is 1. The van der Waals surface area contributed by atoms with Crippen LogP contribution >= 0.6 is 0 Å². The molecule has 2 aromatic carbocycles. The van der Waals surface area contributed by atoms with Crippen LogP contribution in [0.3, 0.4) is 0 Å². The Bertz CT molecular complexity index is 832. The lowest BCUT2D eigenvalue weighted by molar-refractivity contribution is -0.122. The van der Waals surface area contributed by atoms with Crippen molar-refractivity contribution in [2.75, 3.05) is 23.4 Å². The lowest BCUT2D eigenvalue weighted by atomic mass is 10.0. The summed E-state index contributed by atoms with van der Waals surface area (Å²) in [4.78, 5) is 27.0. The van der Waals surface area contributed by atoms with Gasteiger partial charge in [0, 0.05) is 18.7 Å². The average molecular weight is 366 g/mol. The first-order valence-electron chi connectivity index (χ1n) is 9.43. The van der Waals surface area contributed by atoms with Gasteiger partial charge in [-0.3, -0.25) is 9.59 Å². The van der Waals surface area contributed by atoms with Crippen molar-refractivity contribution in [2.24, 2.45) is 5.92 Å². The zero-order valence-electron chi connectivity index (χ0n) is 16.1. The van der Waals surface area contributed by atoms with Crippen molar-refractivity contribution in [1.82, 2.24) is 0 Å². The molecule has 3 rings (SSSR count). The van der Waals surface area contributed by atoms with Gasteiger partial charge in [0.2, 0.25) is 11.8 Å². The van der Waals surface area contributed by atoms with Crippen molar-refractivity contribution in [3.63, 3.8) is 0 Å². The van der Waals surface area contributed by atoms with Crippen LogP contribution in [0.5, 0.6) is 5.75 Å². The van der Waals surface area contributed by atoms with Gasteiger partial charge in [0.25, 0.3) is 0 Å². The predicted octanol–water partition coefficient (Wildman–Crippen LogP) is 4.20. The SMILES string of the molecule is CCOc1ccccc1N1CC(C(=O)Nc2ccccc2C(C)C)CC1=O. The highest BCUT2D eigenvalue weighted by molar-refractivity contribution is 6.04. The monoisotopic (exact) mass is 366 g/mol. The molecule has 1 unspecified atom stereocenters. The summed E-state index contributed by atoms with van der Waals surface area (Å²) in [6.45, 7) is 6.98. The molecule has 0 aliphatic carbocycles. The van der Waals surface area contributed by atoms with E-state index >= 15 is 0 Å². The van der Waals surface area contributed by atoms with Crippen LogP contribution in [0.2, 0.25) is 0 Å². The van der Waals surface area contributed by atoms with Crippen LogP contribution < -0.4 is 15.0 Å². The van der Waals surface area contributed by atoms with Crippen LogP contribution in [-0.2, 0) is 9.59 Å². The Morgan fingerprint density at radius 2 is 1.89 bits per heavy atom. The highest BCUT2D eigenvalue weighted by Crippen LogP contribution is 2.33. The Balaban J connectivity index is 1.75. The van der Waals surface area contributed by atoms with Gasteiger partial charge in [-0.1, -0.05) is 44.2 Å². The molecule has 0 spiro atoms. The van der Waals surface area contributed by atoms with Crippen molar-refractivity contribution < 1.29 is 14.3 Å². The van der Waals surface area contributed by atoms with Gasteiger partial charge in [-0.15, -0.1) is 0 Å². The van der Waals surface area contributed by atoms with E-state index in [0.29, 0.717) is 24.8 Å². The number of hydrogen-bond acceptors (Lipinski definition) is 3. The number of rotatable bonds is 6. The molecule has 0 bridgehead atoms. The van der Waals surface area contributed by atoms with Crippen molar-refractivity contribution in [1.29, 1.82) is 0 Å². The summed E-state index contributed by atoms with van der Waals surface area (Å²) in [5, 5.41) is 3.02. The van der Waals surface area contributed by atoms with E-state index in [0.717, 1.165) is 16.9 Å². The number of benzene rings is 2. The average Bonchev–Trinajstić information content (AvgIpc) is 3.04. The van der Waals surface area contributed by atoms with Crippen LogP contribution in [0.4, 0.5) is 11.4 Å². The molecule has 0 aromatic heterocycles. The number of nitrogens with zero attached hydrogens (tertiary/aromatic N) is 1. The summed E-state index contributed by atoms with van der Waals surface area (Å²) in [5.74, 6) is 0.417. The molecule has 2 amide bonds.